The van der Waals surface area contributed by atoms with E-state index in [1.54, 1.807) is 4.90 Å². The van der Waals surface area contributed by atoms with E-state index in [1.165, 1.54) is 0 Å². The first-order valence-electron chi connectivity index (χ1n) is 7.35. The van der Waals surface area contributed by atoms with E-state index in [0.717, 1.165) is 16.9 Å². The number of hydrogen-bond donors (Lipinski definition) is 1. The summed E-state index contributed by atoms with van der Waals surface area (Å²) in [6.45, 7) is 0.922. The lowest BCUT2D eigenvalue weighted by Crippen LogP contribution is -2.31. The van der Waals surface area contributed by atoms with Gasteiger partial charge in [-0.15, -0.1) is 0 Å². The largest absolute Gasteiger partial charge is 0.378 e. The summed E-state index contributed by atoms with van der Waals surface area (Å²) in [4.78, 5) is 15.9. The van der Waals surface area contributed by atoms with Gasteiger partial charge < -0.3 is 15.1 Å². The molecule has 0 aliphatic carbocycles. The van der Waals surface area contributed by atoms with Gasteiger partial charge in [-0.2, -0.15) is 0 Å². The highest BCUT2D eigenvalue weighted by Crippen LogP contribution is 2.15. The van der Waals surface area contributed by atoms with Crippen LogP contribution in [0.3, 0.4) is 0 Å². The number of carbonyl (C=O) groups excluding carboxylic acids is 1. The predicted octanol–water partition coefficient (Wildman–Crippen LogP) is 2.82. The predicted molar refractivity (Wildman–Crippen MR) is 92.2 cm³/mol. The average Bonchev–Trinajstić information content (AvgIpc) is 2.53. The van der Waals surface area contributed by atoms with Crippen molar-refractivity contribution in [2.75, 3.05) is 37.9 Å². The topological polar surface area (TPSA) is 35.6 Å². The van der Waals surface area contributed by atoms with Gasteiger partial charge in [-0.05, 0) is 29.8 Å². The monoisotopic (exact) mass is 297 g/mol. The Morgan fingerprint density at radius 3 is 2.18 bits per heavy atom. The lowest BCUT2D eigenvalue weighted by Gasteiger charge is -2.18. The smallest absolute Gasteiger partial charge is 0.241 e. The van der Waals surface area contributed by atoms with Gasteiger partial charge in [0.15, 0.2) is 0 Å². The number of nitrogens with zero attached hydrogens (tertiary/aromatic N) is 2. The molecular formula is C18H23N3O. The van der Waals surface area contributed by atoms with Gasteiger partial charge in [0.25, 0.3) is 0 Å². The molecule has 0 radical (unpaired) electrons. The van der Waals surface area contributed by atoms with Gasteiger partial charge >= 0.3 is 0 Å². The fourth-order valence-electron chi connectivity index (χ4n) is 2.14. The first-order valence-corrected chi connectivity index (χ1v) is 7.35. The Morgan fingerprint density at radius 1 is 0.955 bits per heavy atom. The minimum Gasteiger partial charge on any atom is -0.378 e. The van der Waals surface area contributed by atoms with Gasteiger partial charge in [0.05, 0.1) is 6.54 Å². The van der Waals surface area contributed by atoms with E-state index in [-0.39, 0.29) is 5.91 Å². The second kappa shape index (κ2) is 7.50. The highest BCUT2D eigenvalue weighted by Gasteiger charge is 2.08. The van der Waals surface area contributed by atoms with Crippen LogP contribution in [0.2, 0.25) is 0 Å². The second-order valence-electron chi connectivity index (χ2n) is 5.53. The Balaban J connectivity index is 1.84. The molecule has 1 amide bonds. The average molecular weight is 297 g/mol. The molecule has 0 bridgehead atoms. The molecule has 1 N–H and O–H groups in total. The van der Waals surface area contributed by atoms with E-state index in [4.69, 9.17) is 0 Å². The first-order chi connectivity index (χ1) is 10.6. The van der Waals surface area contributed by atoms with Gasteiger partial charge in [-0.3, -0.25) is 4.79 Å². The summed E-state index contributed by atoms with van der Waals surface area (Å²) in [5, 5.41) is 3.17. The van der Waals surface area contributed by atoms with Crippen molar-refractivity contribution in [3.05, 3.63) is 60.2 Å². The summed E-state index contributed by atoms with van der Waals surface area (Å²) in [6, 6.07) is 18.0. The highest BCUT2D eigenvalue weighted by molar-refractivity contribution is 5.80. The third-order valence-electron chi connectivity index (χ3n) is 3.52. The van der Waals surface area contributed by atoms with Crippen LogP contribution in [0.25, 0.3) is 0 Å². The van der Waals surface area contributed by atoms with E-state index in [1.807, 2.05) is 80.6 Å². The molecular weight excluding hydrogens is 274 g/mol. The van der Waals surface area contributed by atoms with Gasteiger partial charge in [-0.25, -0.2) is 0 Å². The zero-order chi connectivity index (χ0) is 15.9. The molecule has 0 spiro atoms. The van der Waals surface area contributed by atoms with Crippen molar-refractivity contribution in [2.45, 2.75) is 6.54 Å². The molecule has 0 saturated heterocycles. The number of amides is 1. The van der Waals surface area contributed by atoms with Crippen molar-refractivity contribution in [3.8, 4) is 0 Å². The third-order valence-corrected chi connectivity index (χ3v) is 3.52. The molecule has 0 aromatic heterocycles. The minimum absolute atomic E-state index is 0.0699. The van der Waals surface area contributed by atoms with Crippen LogP contribution in [-0.4, -0.2) is 38.5 Å². The Hall–Kier alpha value is -2.49. The lowest BCUT2D eigenvalue weighted by atomic mass is 10.2. The van der Waals surface area contributed by atoms with Crippen LogP contribution in [0.15, 0.2) is 54.6 Å². The molecule has 22 heavy (non-hydrogen) atoms. The van der Waals surface area contributed by atoms with Gasteiger partial charge in [0.2, 0.25) is 5.91 Å². The standard InChI is InChI=1S/C18H23N3O/c1-20(2)17-11-9-16(10-12-17)19-13-18(22)21(3)14-15-7-5-4-6-8-15/h4-12,19H,13-14H2,1-3H3. The van der Waals surface area contributed by atoms with Crippen LogP contribution in [-0.2, 0) is 11.3 Å². The minimum atomic E-state index is 0.0699. The lowest BCUT2D eigenvalue weighted by molar-refractivity contribution is -0.128. The Morgan fingerprint density at radius 2 is 1.59 bits per heavy atom. The summed E-state index contributed by atoms with van der Waals surface area (Å²) in [5.41, 5.74) is 3.22. The van der Waals surface area contributed by atoms with Crippen molar-refractivity contribution in [1.82, 2.24) is 4.90 Å². The maximum absolute atomic E-state index is 12.2. The number of benzene rings is 2. The maximum Gasteiger partial charge on any atom is 0.241 e. The number of nitrogens with one attached hydrogen (secondary N) is 1. The summed E-state index contributed by atoms with van der Waals surface area (Å²) < 4.78 is 0. The molecule has 0 fully saturated rings. The van der Waals surface area contributed by atoms with Gasteiger partial charge in [0, 0.05) is 39.1 Å². The molecule has 2 aromatic rings. The molecule has 0 saturated carbocycles. The fourth-order valence-corrected chi connectivity index (χ4v) is 2.14. The second-order valence-corrected chi connectivity index (χ2v) is 5.53. The summed E-state index contributed by atoms with van der Waals surface area (Å²) >= 11 is 0. The van der Waals surface area contributed by atoms with Crippen molar-refractivity contribution in [3.63, 3.8) is 0 Å². The van der Waals surface area contributed by atoms with Crippen molar-refractivity contribution >= 4 is 17.3 Å². The van der Waals surface area contributed by atoms with Crippen LogP contribution in [0.4, 0.5) is 11.4 Å². The quantitative estimate of drug-likeness (QED) is 0.890. The molecule has 2 rings (SSSR count). The molecule has 0 heterocycles. The van der Waals surface area contributed by atoms with Crippen LogP contribution in [0.1, 0.15) is 5.56 Å². The summed E-state index contributed by atoms with van der Waals surface area (Å²) in [6.07, 6.45) is 0. The van der Waals surface area contributed by atoms with Crippen molar-refractivity contribution in [2.24, 2.45) is 0 Å². The van der Waals surface area contributed by atoms with E-state index in [9.17, 15) is 4.79 Å². The van der Waals surface area contributed by atoms with Gasteiger partial charge in [0.1, 0.15) is 0 Å². The Labute approximate surface area is 132 Å². The highest BCUT2D eigenvalue weighted by atomic mass is 16.2. The molecule has 4 heteroatoms. The molecule has 0 aliphatic heterocycles. The Bertz CT molecular complexity index is 593. The SMILES string of the molecule is CN(Cc1ccccc1)C(=O)CNc1ccc(N(C)C)cc1. The Kier molecular flexibility index (Phi) is 5.42. The molecule has 0 unspecified atom stereocenters. The van der Waals surface area contributed by atoms with E-state index >= 15 is 0 Å². The molecule has 116 valence electrons. The number of hydrogen-bond acceptors (Lipinski definition) is 3. The number of carbonyl (C=O) groups is 1. The van der Waals surface area contributed by atoms with E-state index < -0.39 is 0 Å². The summed E-state index contributed by atoms with van der Waals surface area (Å²) in [7, 11) is 5.83. The van der Waals surface area contributed by atoms with E-state index in [2.05, 4.69) is 5.32 Å². The van der Waals surface area contributed by atoms with Crippen LogP contribution < -0.4 is 10.2 Å². The first kappa shape index (κ1) is 15.9. The molecule has 0 aliphatic rings. The zero-order valence-electron chi connectivity index (χ0n) is 13.4. The van der Waals surface area contributed by atoms with Crippen molar-refractivity contribution < 1.29 is 4.79 Å². The van der Waals surface area contributed by atoms with Gasteiger partial charge in [-0.1, -0.05) is 30.3 Å². The molecule has 0 atom stereocenters. The number of anilines is 2. The van der Waals surface area contributed by atoms with Crippen LogP contribution >= 0.6 is 0 Å². The summed E-state index contributed by atoms with van der Waals surface area (Å²) in [5.74, 6) is 0.0699. The maximum atomic E-state index is 12.2. The third kappa shape index (κ3) is 4.52. The van der Waals surface area contributed by atoms with Crippen LogP contribution in [0.5, 0.6) is 0 Å². The molecule has 4 nitrogen and oxygen atoms in total. The fraction of sp³-hybridized carbons (Fsp3) is 0.278. The zero-order valence-corrected chi connectivity index (χ0v) is 13.4. The van der Waals surface area contributed by atoms with E-state index in [0.29, 0.717) is 13.1 Å². The van der Waals surface area contributed by atoms with Crippen molar-refractivity contribution in [1.29, 1.82) is 0 Å². The number of rotatable bonds is 6. The molecule has 2 aromatic carbocycles. The van der Waals surface area contributed by atoms with Crippen LogP contribution in [0, 0.1) is 0 Å². The number of likely N-dealkylation sites (N-methyl/N-ethyl adjacent to an activating group) is 1. The normalized spacial score (nSPS) is 10.1.